The number of ketones is 2. The predicted octanol–water partition coefficient (Wildman–Crippen LogP) is 7.71. The fraction of sp³-hybridized carbons (Fsp3) is 0.611. The number of hydrogen-bond donors (Lipinski definition) is 4. The first-order valence-corrected chi connectivity index (χ1v) is 16.3. The Morgan fingerprint density at radius 2 is 1.23 bits per heavy atom. The summed E-state index contributed by atoms with van der Waals surface area (Å²) in [5.74, 6) is 0.835. The van der Waals surface area contributed by atoms with Crippen molar-refractivity contribution in [1.82, 2.24) is 0 Å². The van der Waals surface area contributed by atoms with Gasteiger partial charge in [-0.2, -0.15) is 0 Å². The lowest BCUT2D eigenvalue weighted by Gasteiger charge is -2.11. The number of phenols is 2. The zero-order chi connectivity index (χ0) is 32.7. The molecule has 0 aromatic heterocycles. The minimum Gasteiger partial charge on any atom is -0.504 e. The average molecular weight is 617 g/mol. The number of ether oxygens (including phenoxy) is 2. The van der Waals surface area contributed by atoms with E-state index in [1.54, 1.807) is 24.3 Å². The summed E-state index contributed by atoms with van der Waals surface area (Å²) in [7, 11) is 2.95. The summed E-state index contributed by atoms with van der Waals surface area (Å²) in [6.45, 7) is 4.34. The lowest BCUT2D eigenvalue weighted by molar-refractivity contribution is -0.121. The van der Waals surface area contributed by atoms with E-state index < -0.39 is 12.2 Å². The number of benzene rings is 2. The zero-order valence-electron chi connectivity index (χ0n) is 27.4. The Morgan fingerprint density at radius 3 is 1.84 bits per heavy atom. The Morgan fingerprint density at radius 1 is 0.682 bits per heavy atom. The first kappa shape index (κ1) is 38.9. The van der Waals surface area contributed by atoms with Gasteiger partial charge >= 0.3 is 0 Å². The summed E-state index contributed by atoms with van der Waals surface area (Å²) in [4.78, 5) is 23.9. The van der Waals surface area contributed by atoms with E-state index in [2.05, 4.69) is 13.8 Å². The number of aromatic hydroxyl groups is 2. The van der Waals surface area contributed by atoms with Crippen LogP contribution in [0.2, 0.25) is 0 Å². The van der Waals surface area contributed by atoms with Crippen molar-refractivity contribution in [3.05, 3.63) is 47.5 Å². The van der Waals surface area contributed by atoms with Crippen LogP contribution in [0.15, 0.2) is 36.4 Å². The molecular weight excluding hydrogens is 560 g/mol. The topological polar surface area (TPSA) is 134 Å². The Kier molecular flexibility index (Phi) is 20.6. The molecule has 0 saturated carbocycles. The molecule has 2 unspecified atom stereocenters. The Labute approximate surface area is 264 Å². The minimum atomic E-state index is -0.599. The molecule has 0 amide bonds. The fourth-order valence-corrected chi connectivity index (χ4v) is 4.87. The smallest absolute Gasteiger partial charge is 0.165 e. The third-order valence-electron chi connectivity index (χ3n) is 7.60. The molecular formula is C36H56O8. The molecule has 8 nitrogen and oxygen atoms in total. The van der Waals surface area contributed by atoms with Crippen LogP contribution in [-0.2, 0) is 11.2 Å². The molecule has 2 aromatic rings. The van der Waals surface area contributed by atoms with Gasteiger partial charge in [-0.1, -0.05) is 77.7 Å². The molecule has 2 aromatic carbocycles. The number of phenolic OH excluding ortho intramolecular Hbond substituents is 2. The second kappa shape index (κ2) is 23.3. The molecule has 4 N–H and O–H groups in total. The van der Waals surface area contributed by atoms with E-state index in [9.17, 15) is 30.0 Å². The molecule has 0 spiro atoms. The number of unbranched alkanes of at least 4 members (excludes halogenated alkanes) is 8. The van der Waals surface area contributed by atoms with E-state index in [0.29, 0.717) is 37.0 Å². The second-order valence-corrected chi connectivity index (χ2v) is 11.5. The van der Waals surface area contributed by atoms with Crippen LogP contribution in [-0.4, -0.2) is 58.4 Å². The van der Waals surface area contributed by atoms with Crippen LogP contribution in [0.3, 0.4) is 0 Å². The maximum absolute atomic E-state index is 12.1. The number of aliphatic hydroxyl groups is 2. The number of rotatable bonds is 22. The maximum atomic E-state index is 12.1. The monoisotopic (exact) mass is 616 g/mol. The predicted molar refractivity (Wildman–Crippen MR) is 175 cm³/mol. The van der Waals surface area contributed by atoms with Gasteiger partial charge in [0.2, 0.25) is 0 Å². The van der Waals surface area contributed by atoms with Gasteiger partial charge in [-0.05, 0) is 61.6 Å². The van der Waals surface area contributed by atoms with Crippen LogP contribution in [0.5, 0.6) is 23.0 Å². The van der Waals surface area contributed by atoms with Crippen molar-refractivity contribution in [3.8, 4) is 23.0 Å². The second-order valence-electron chi connectivity index (χ2n) is 11.5. The van der Waals surface area contributed by atoms with Gasteiger partial charge in [0, 0.05) is 24.8 Å². The molecule has 2 rings (SSSR count). The van der Waals surface area contributed by atoms with Crippen molar-refractivity contribution >= 4 is 11.6 Å². The molecule has 8 heteroatoms. The van der Waals surface area contributed by atoms with Gasteiger partial charge in [0.25, 0.3) is 0 Å². The number of Topliss-reactive ketones (excluding diaryl/α,β-unsaturated/α-hetero) is 2. The highest BCUT2D eigenvalue weighted by molar-refractivity contribution is 5.97. The van der Waals surface area contributed by atoms with Crippen molar-refractivity contribution < 1.29 is 39.5 Å². The third kappa shape index (κ3) is 16.7. The third-order valence-corrected chi connectivity index (χ3v) is 7.60. The van der Waals surface area contributed by atoms with Gasteiger partial charge in [0.1, 0.15) is 5.78 Å². The molecule has 0 heterocycles. The quantitative estimate of drug-likeness (QED) is 0.0781. The summed E-state index contributed by atoms with van der Waals surface area (Å²) >= 11 is 0. The van der Waals surface area contributed by atoms with Crippen LogP contribution in [0.4, 0.5) is 0 Å². The molecule has 0 fully saturated rings. The van der Waals surface area contributed by atoms with E-state index in [-0.39, 0.29) is 41.7 Å². The molecule has 0 aliphatic rings. The van der Waals surface area contributed by atoms with E-state index in [0.717, 1.165) is 31.2 Å². The lowest BCUT2D eigenvalue weighted by atomic mass is 10.0. The van der Waals surface area contributed by atoms with Gasteiger partial charge in [-0.3, -0.25) is 9.59 Å². The summed E-state index contributed by atoms with van der Waals surface area (Å²) in [6, 6.07) is 9.64. The van der Waals surface area contributed by atoms with Gasteiger partial charge in [0.05, 0.1) is 26.4 Å². The summed E-state index contributed by atoms with van der Waals surface area (Å²) in [5, 5.41) is 39.0. The minimum absolute atomic E-state index is 0.00511. The Balaban J connectivity index is 0.000000442. The van der Waals surface area contributed by atoms with Gasteiger partial charge in [0.15, 0.2) is 28.8 Å². The van der Waals surface area contributed by atoms with Crippen molar-refractivity contribution in [3.63, 3.8) is 0 Å². The Hall–Kier alpha value is -3.10. The normalized spacial score (nSPS) is 12.1. The van der Waals surface area contributed by atoms with E-state index >= 15 is 0 Å². The maximum Gasteiger partial charge on any atom is 0.165 e. The number of hydrogen-bond acceptors (Lipinski definition) is 8. The molecule has 0 aliphatic carbocycles. The molecule has 0 radical (unpaired) electrons. The van der Waals surface area contributed by atoms with Crippen LogP contribution in [0, 0.1) is 0 Å². The van der Waals surface area contributed by atoms with Gasteiger partial charge < -0.3 is 29.9 Å². The fourth-order valence-electron chi connectivity index (χ4n) is 4.87. The number of carbonyl (C=O) groups excluding carboxylic acids is 2. The highest BCUT2D eigenvalue weighted by atomic mass is 16.5. The molecule has 0 saturated heterocycles. The van der Waals surface area contributed by atoms with E-state index in [1.165, 1.54) is 64.9 Å². The highest BCUT2D eigenvalue weighted by Crippen LogP contribution is 2.28. The Bertz CT molecular complexity index is 1080. The van der Waals surface area contributed by atoms with Crippen molar-refractivity contribution in [1.29, 1.82) is 0 Å². The summed E-state index contributed by atoms with van der Waals surface area (Å²) in [5.41, 5.74) is 1.43. The standard InChI is InChI=1S/C19H30O4.C17H26O4/c1-3-4-5-6-7-8-16(20)14-17(21)11-9-15-10-12-18(22)19(13-15)23-2;1-3-4-5-6-7-8-14(18)12-16(20)13-9-10-15(19)17(11-13)21-2/h10,12-13,17,21-22H,3-9,11,14H2,1-2H3;9-11,14,18-19H,3-8,12H2,1-2H3. The first-order valence-electron chi connectivity index (χ1n) is 16.3. The molecule has 44 heavy (non-hydrogen) atoms. The van der Waals surface area contributed by atoms with Gasteiger partial charge in [-0.25, -0.2) is 0 Å². The van der Waals surface area contributed by atoms with Gasteiger partial charge in [-0.15, -0.1) is 0 Å². The molecule has 0 aliphatic heterocycles. The largest absolute Gasteiger partial charge is 0.504 e. The van der Waals surface area contributed by atoms with Crippen LogP contribution in [0.25, 0.3) is 0 Å². The van der Waals surface area contributed by atoms with Crippen LogP contribution >= 0.6 is 0 Å². The lowest BCUT2D eigenvalue weighted by Crippen LogP contribution is -2.14. The summed E-state index contributed by atoms with van der Waals surface area (Å²) < 4.78 is 10.0. The number of aliphatic hydroxyl groups excluding tert-OH is 2. The molecule has 248 valence electrons. The van der Waals surface area contributed by atoms with Crippen LogP contribution in [0.1, 0.15) is 126 Å². The first-order chi connectivity index (χ1) is 21.1. The van der Waals surface area contributed by atoms with Crippen molar-refractivity contribution in [2.24, 2.45) is 0 Å². The van der Waals surface area contributed by atoms with Crippen molar-refractivity contribution in [2.45, 2.75) is 129 Å². The number of aryl methyl sites for hydroxylation is 1. The SMILES string of the molecule is CCCCCCCC(=O)CC(O)CCc1ccc(O)c(OC)c1.CCCCCCCC(O)CC(=O)c1ccc(O)c(OC)c1. The highest BCUT2D eigenvalue weighted by Gasteiger charge is 2.15. The number of carbonyl (C=O) groups is 2. The van der Waals surface area contributed by atoms with E-state index in [4.69, 9.17) is 9.47 Å². The molecule has 0 bridgehead atoms. The zero-order valence-corrected chi connectivity index (χ0v) is 27.4. The molecule has 2 atom stereocenters. The summed E-state index contributed by atoms with van der Waals surface area (Å²) in [6.07, 6.45) is 12.9. The number of methoxy groups -OCH3 is 2. The van der Waals surface area contributed by atoms with Crippen LogP contribution < -0.4 is 9.47 Å². The average Bonchev–Trinajstić information content (AvgIpc) is 3.01. The van der Waals surface area contributed by atoms with Crippen molar-refractivity contribution in [2.75, 3.05) is 14.2 Å². The van der Waals surface area contributed by atoms with E-state index in [1.807, 2.05) is 0 Å².